The number of amides is 4. The van der Waals surface area contributed by atoms with Crippen LogP contribution >= 0.6 is 22.7 Å². The van der Waals surface area contributed by atoms with Crippen molar-refractivity contribution in [3.8, 4) is 20.9 Å². The molecule has 4 atom stereocenters. The second-order valence-electron chi connectivity index (χ2n) is 15.4. The molecule has 1 unspecified atom stereocenters. The molecule has 60 heavy (non-hydrogen) atoms. The first-order valence-electron chi connectivity index (χ1n) is 20.0. The van der Waals surface area contributed by atoms with Crippen LogP contribution in [0.1, 0.15) is 93.0 Å². The molecule has 0 bridgehead atoms. The van der Waals surface area contributed by atoms with E-state index in [4.69, 9.17) is 23.5 Å². The second-order valence-corrected chi connectivity index (χ2v) is 17.6. The number of nitrogens with zero attached hydrogens (tertiary/aromatic N) is 4. The quantitative estimate of drug-likeness (QED) is 0.143. The molecule has 8 rings (SSSR count). The molecule has 2 N–H and O–H groups in total. The summed E-state index contributed by atoms with van der Waals surface area (Å²) in [6, 6.07) is 15.0. The number of alkyl carbamates (subject to hydrolysis) is 2. The van der Waals surface area contributed by atoms with E-state index in [0.717, 1.165) is 54.2 Å². The van der Waals surface area contributed by atoms with Crippen molar-refractivity contribution in [3.63, 3.8) is 0 Å². The Kier molecular flexibility index (Phi) is 13.8. The summed E-state index contributed by atoms with van der Waals surface area (Å²) in [5.74, 6) is 0.696. The normalized spacial score (nSPS) is 18.0. The maximum absolute atomic E-state index is 13.7. The Balaban J connectivity index is 0.00000137. The SMILES string of the molecule is C.CCC.COC(=O)NCC(=O)N1CCC[C@H]1c1nc2ccc(-c3cc4sc(-c5ccc6nc(C7C[C@H](C)CN7C(=O)[C@@H](NC(=O)OC)C(C)C)oc6c5)cc4s3)cc2o1.[HH]. The van der Waals surface area contributed by atoms with Gasteiger partial charge in [-0.2, -0.15) is 0 Å². The predicted molar refractivity (Wildman–Crippen MR) is 237 cm³/mol. The lowest BCUT2D eigenvalue weighted by Gasteiger charge is -2.29. The van der Waals surface area contributed by atoms with Crippen LogP contribution in [-0.4, -0.2) is 83.7 Å². The van der Waals surface area contributed by atoms with Gasteiger partial charge in [-0.1, -0.05) is 60.6 Å². The highest BCUT2D eigenvalue weighted by atomic mass is 32.1. The van der Waals surface area contributed by atoms with Crippen molar-refractivity contribution in [1.29, 1.82) is 0 Å². The van der Waals surface area contributed by atoms with Gasteiger partial charge in [-0.3, -0.25) is 9.59 Å². The van der Waals surface area contributed by atoms with Gasteiger partial charge in [-0.05, 0) is 78.6 Å². The van der Waals surface area contributed by atoms with E-state index in [9.17, 15) is 19.2 Å². The number of benzene rings is 2. The maximum atomic E-state index is 13.7. The summed E-state index contributed by atoms with van der Waals surface area (Å²) < 4.78 is 24.3. The Morgan fingerprint density at radius 3 is 1.93 bits per heavy atom. The fourth-order valence-corrected chi connectivity index (χ4v) is 10.0. The van der Waals surface area contributed by atoms with Crippen LogP contribution in [0.3, 0.4) is 0 Å². The summed E-state index contributed by atoms with van der Waals surface area (Å²) in [4.78, 5) is 65.3. The monoisotopic (exact) mass is 860 g/mol. The van der Waals surface area contributed by atoms with Crippen LogP contribution in [0.5, 0.6) is 0 Å². The lowest BCUT2D eigenvalue weighted by molar-refractivity contribution is -0.136. The minimum atomic E-state index is -0.728. The number of oxazole rings is 2. The van der Waals surface area contributed by atoms with Gasteiger partial charge in [0.1, 0.15) is 35.7 Å². The third-order valence-corrected chi connectivity index (χ3v) is 12.9. The second kappa shape index (κ2) is 18.8. The smallest absolute Gasteiger partial charge is 0.407 e. The van der Waals surface area contributed by atoms with Crippen molar-refractivity contribution >= 4 is 78.3 Å². The van der Waals surface area contributed by atoms with E-state index in [1.807, 2.05) is 50.2 Å². The molecular weight excluding hydrogens is 805 g/mol. The predicted octanol–water partition coefficient (Wildman–Crippen LogP) is 10.2. The first-order chi connectivity index (χ1) is 28.4. The zero-order valence-electron chi connectivity index (χ0n) is 34.3. The van der Waals surface area contributed by atoms with E-state index in [1.165, 1.54) is 20.6 Å². The van der Waals surface area contributed by atoms with Crippen molar-refractivity contribution in [3.05, 3.63) is 60.3 Å². The molecule has 0 spiro atoms. The van der Waals surface area contributed by atoms with Gasteiger partial charge in [0.2, 0.25) is 23.6 Å². The van der Waals surface area contributed by atoms with E-state index >= 15 is 0 Å². The summed E-state index contributed by atoms with van der Waals surface area (Å²) in [6.07, 6.45) is 2.22. The number of hydrogen-bond donors (Lipinski definition) is 2. The summed E-state index contributed by atoms with van der Waals surface area (Å²) in [5.41, 5.74) is 4.78. The molecule has 4 aromatic heterocycles. The molecule has 0 saturated carbocycles. The van der Waals surface area contributed by atoms with Gasteiger partial charge >= 0.3 is 12.2 Å². The number of aromatic nitrogens is 2. The number of rotatable bonds is 9. The Labute approximate surface area is 359 Å². The van der Waals surface area contributed by atoms with Crippen molar-refractivity contribution in [2.24, 2.45) is 11.8 Å². The molecule has 14 nitrogen and oxygen atoms in total. The molecule has 4 amide bonds. The van der Waals surface area contributed by atoms with Crippen molar-refractivity contribution < 1.29 is 38.9 Å². The van der Waals surface area contributed by atoms with Gasteiger partial charge in [-0.15, -0.1) is 22.7 Å². The zero-order valence-corrected chi connectivity index (χ0v) is 36.0. The third-order valence-electron chi connectivity index (χ3n) is 10.5. The average Bonchev–Trinajstić information content (AvgIpc) is 4.08. The van der Waals surface area contributed by atoms with Crippen LogP contribution in [-0.2, 0) is 19.1 Å². The standard InChI is InChI=1S/C40H42N6O8S2.C3H8.CH4.H2/c1-20(2)35(44-40(50)52-5)38(48)46-19-21(3)13-27(46)37-43-25-11-9-23(15-29(25)54-37)31-17-33-32(56-31)16-30(55-33)22-8-10-24-28(14-22)53-36(42-24)26-7-6-12-45(26)34(47)18-41-39(49)51-4;1-3-2;;/h8-11,14-17,20-21,26-27,35H,6-7,12-13,18-19H2,1-5H3,(H,41,49)(H,44,50);3H2,1-2H3;1H4;1H/t21-,26-,27?,35-;;;/m0.../s1. The molecule has 2 aromatic carbocycles. The van der Waals surface area contributed by atoms with Crippen LogP contribution in [0, 0.1) is 11.8 Å². The Hall–Kier alpha value is -5.48. The third kappa shape index (κ3) is 9.14. The number of methoxy groups -OCH3 is 2. The van der Waals surface area contributed by atoms with Gasteiger partial charge in [0.05, 0.1) is 14.2 Å². The molecule has 2 saturated heterocycles. The molecule has 2 aliphatic rings. The van der Waals surface area contributed by atoms with E-state index in [1.54, 1.807) is 32.5 Å². The van der Waals surface area contributed by atoms with Gasteiger partial charge in [0.25, 0.3) is 0 Å². The van der Waals surface area contributed by atoms with Crippen LogP contribution in [0.2, 0.25) is 0 Å². The average molecular weight is 861 g/mol. The lowest BCUT2D eigenvalue weighted by Crippen LogP contribution is -2.51. The molecule has 6 heterocycles. The largest absolute Gasteiger partial charge is 0.453 e. The highest BCUT2D eigenvalue weighted by Gasteiger charge is 2.41. The van der Waals surface area contributed by atoms with E-state index < -0.39 is 18.2 Å². The minimum absolute atomic E-state index is 0. The van der Waals surface area contributed by atoms with Crippen LogP contribution in [0.15, 0.2) is 57.4 Å². The molecule has 322 valence electrons. The van der Waals surface area contributed by atoms with Gasteiger partial charge < -0.3 is 38.7 Å². The number of hydrogen-bond acceptors (Lipinski definition) is 12. The number of ether oxygens (including phenoxy) is 2. The fourth-order valence-electron chi connectivity index (χ4n) is 7.64. The van der Waals surface area contributed by atoms with E-state index in [-0.39, 0.29) is 51.1 Å². The summed E-state index contributed by atoms with van der Waals surface area (Å²) in [7, 11) is 2.54. The lowest BCUT2D eigenvalue weighted by atomic mass is 10.0. The van der Waals surface area contributed by atoms with E-state index in [0.29, 0.717) is 42.5 Å². The van der Waals surface area contributed by atoms with Crippen molar-refractivity contribution in [2.75, 3.05) is 33.9 Å². The van der Waals surface area contributed by atoms with E-state index in [2.05, 4.69) is 48.3 Å². The molecule has 0 aliphatic carbocycles. The first-order valence-corrected chi connectivity index (χ1v) is 21.7. The van der Waals surface area contributed by atoms with Crippen LogP contribution in [0.25, 0.3) is 52.5 Å². The molecule has 2 fully saturated rings. The number of thiophene rings is 2. The number of carbonyl (C=O) groups excluding carboxylic acids is 4. The molecule has 6 aromatic rings. The highest BCUT2D eigenvalue weighted by Crippen LogP contribution is 2.44. The maximum Gasteiger partial charge on any atom is 0.407 e. The van der Waals surface area contributed by atoms with Crippen LogP contribution in [0.4, 0.5) is 9.59 Å². The number of carbonyl (C=O) groups is 4. The van der Waals surface area contributed by atoms with Crippen molar-refractivity contribution in [1.82, 2.24) is 30.4 Å². The highest BCUT2D eigenvalue weighted by molar-refractivity contribution is 7.31. The van der Waals surface area contributed by atoms with Gasteiger partial charge in [0.15, 0.2) is 11.2 Å². The van der Waals surface area contributed by atoms with Gasteiger partial charge in [-0.25, -0.2) is 19.6 Å². The summed E-state index contributed by atoms with van der Waals surface area (Å²) >= 11 is 3.40. The van der Waals surface area contributed by atoms with Gasteiger partial charge in [0, 0.05) is 33.7 Å². The zero-order chi connectivity index (χ0) is 42.0. The topological polar surface area (TPSA) is 169 Å². The van der Waals surface area contributed by atoms with Crippen molar-refractivity contribution in [2.45, 2.75) is 85.9 Å². The summed E-state index contributed by atoms with van der Waals surface area (Å²) in [5, 5.41) is 5.16. The number of nitrogens with one attached hydrogen (secondary N) is 2. The number of fused-ring (bicyclic) bond motifs is 3. The first kappa shape index (κ1) is 44.1. The molecule has 0 radical (unpaired) electrons. The number of likely N-dealkylation sites (tertiary alicyclic amines) is 2. The van der Waals surface area contributed by atoms with Crippen LogP contribution < -0.4 is 10.6 Å². The summed E-state index contributed by atoms with van der Waals surface area (Å²) in [6.45, 7) is 11.1. The Morgan fingerprint density at radius 1 is 0.850 bits per heavy atom. The fraction of sp³-hybridized carbons (Fsp3) is 0.455. The molecule has 16 heteroatoms. The molecular formula is C44H56N6O8S2. The Bertz CT molecular complexity index is 2460. The molecule has 2 aliphatic heterocycles. The Morgan fingerprint density at radius 2 is 1.40 bits per heavy atom. The minimum Gasteiger partial charge on any atom is -0.453 e.